The molecule has 1 unspecified atom stereocenters. The van der Waals surface area contributed by atoms with E-state index in [1.807, 2.05) is 38.1 Å². The lowest BCUT2D eigenvalue weighted by Crippen LogP contribution is -2.48. The van der Waals surface area contributed by atoms with Crippen molar-refractivity contribution in [2.75, 3.05) is 19.7 Å². The zero-order chi connectivity index (χ0) is 17.2. The Morgan fingerprint density at radius 1 is 1.38 bits per heavy atom. The lowest BCUT2D eigenvalue weighted by atomic mass is 9.81. The van der Waals surface area contributed by atoms with Gasteiger partial charge >= 0.3 is 0 Å². The van der Waals surface area contributed by atoms with Crippen LogP contribution in [0.1, 0.15) is 32.4 Å². The van der Waals surface area contributed by atoms with Crippen LogP contribution < -0.4 is 10.5 Å². The van der Waals surface area contributed by atoms with Gasteiger partial charge < -0.3 is 10.5 Å². The first-order valence-electron chi connectivity index (χ1n) is 8.55. The minimum Gasteiger partial charge on any atom is -0.494 e. The van der Waals surface area contributed by atoms with E-state index < -0.39 is 5.41 Å². The van der Waals surface area contributed by atoms with E-state index in [0.717, 1.165) is 48.3 Å². The monoisotopic (exact) mass is 327 g/mol. The van der Waals surface area contributed by atoms with Crippen molar-refractivity contribution in [2.24, 2.45) is 11.1 Å². The zero-order valence-electron chi connectivity index (χ0n) is 14.4. The summed E-state index contributed by atoms with van der Waals surface area (Å²) in [5.74, 6) is 0.662. The Kier molecular flexibility index (Phi) is 4.71. The second kappa shape index (κ2) is 6.77. The molecule has 2 N–H and O–H groups in total. The Balaban J connectivity index is 1.75. The number of primary amides is 1. The number of amides is 1. The molecule has 3 rings (SSSR count). The molecule has 1 saturated heterocycles. The molecule has 1 amide bonds. The molecule has 0 spiro atoms. The predicted octanol–water partition coefficient (Wildman–Crippen LogP) is 2.72. The van der Waals surface area contributed by atoms with Gasteiger partial charge in [-0.15, -0.1) is 0 Å². The van der Waals surface area contributed by atoms with Crippen molar-refractivity contribution in [2.45, 2.75) is 33.2 Å². The summed E-state index contributed by atoms with van der Waals surface area (Å²) < 4.78 is 5.53. The summed E-state index contributed by atoms with van der Waals surface area (Å²) in [6, 6.07) is 10.1. The number of carbonyl (C=O) groups excluding carboxylic acids is 1. The number of hydrogen-bond donors (Lipinski definition) is 1. The van der Waals surface area contributed by atoms with Crippen LogP contribution in [0, 0.1) is 5.41 Å². The molecule has 1 atom stereocenters. The van der Waals surface area contributed by atoms with Gasteiger partial charge in [0.2, 0.25) is 5.91 Å². The Labute approximate surface area is 142 Å². The second-order valence-electron chi connectivity index (χ2n) is 6.83. The third kappa shape index (κ3) is 3.51. The molecule has 1 aliphatic heterocycles. The number of hydrogen-bond acceptors (Lipinski definition) is 4. The largest absolute Gasteiger partial charge is 0.494 e. The van der Waals surface area contributed by atoms with Crippen LogP contribution in [0.2, 0.25) is 0 Å². The number of ether oxygens (including phenoxy) is 1. The topological polar surface area (TPSA) is 68.4 Å². The number of fused-ring (bicyclic) bond motifs is 1. The van der Waals surface area contributed by atoms with Gasteiger partial charge in [-0.3, -0.25) is 14.7 Å². The normalized spacial score (nSPS) is 21.8. The number of aromatic nitrogens is 1. The van der Waals surface area contributed by atoms with Crippen LogP contribution in [-0.4, -0.2) is 35.5 Å². The van der Waals surface area contributed by atoms with E-state index in [1.165, 1.54) is 0 Å². The summed E-state index contributed by atoms with van der Waals surface area (Å²) in [5.41, 5.74) is 7.13. The molecule has 1 aromatic carbocycles. The Morgan fingerprint density at radius 3 is 2.96 bits per heavy atom. The molecule has 0 radical (unpaired) electrons. The maximum absolute atomic E-state index is 11.7. The van der Waals surface area contributed by atoms with Gasteiger partial charge in [-0.25, -0.2) is 0 Å². The van der Waals surface area contributed by atoms with Crippen molar-refractivity contribution in [3.8, 4) is 5.75 Å². The summed E-state index contributed by atoms with van der Waals surface area (Å²) in [7, 11) is 0. The number of nitrogens with zero attached hydrogens (tertiary/aromatic N) is 2. The molecule has 1 fully saturated rings. The lowest BCUT2D eigenvalue weighted by molar-refractivity contribution is -0.129. The maximum Gasteiger partial charge on any atom is 0.224 e. The van der Waals surface area contributed by atoms with E-state index in [4.69, 9.17) is 15.5 Å². The molecular weight excluding hydrogens is 302 g/mol. The molecule has 2 aromatic rings. The maximum atomic E-state index is 11.7. The Hall–Kier alpha value is -2.14. The summed E-state index contributed by atoms with van der Waals surface area (Å²) in [6.45, 7) is 7.02. The molecule has 5 nitrogen and oxygen atoms in total. The highest BCUT2D eigenvalue weighted by Crippen LogP contribution is 2.30. The number of nitrogens with two attached hydrogens (primary N) is 1. The van der Waals surface area contributed by atoms with Crippen molar-refractivity contribution in [3.05, 3.63) is 36.0 Å². The second-order valence-corrected chi connectivity index (χ2v) is 6.83. The highest BCUT2D eigenvalue weighted by molar-refractivity contribution is 5.81. The van der Waals surface area contributed by atoms with Crippen molar-refractivity contribution in [1.82, 2.24) is 9.88 Å². The number of carbonyl (C=O) groups is 1. The van der Waals surface area contributed by atoms with Crippen molar-refractivity contribution >= 4 is 16.8 Å². The molecule has 0 bridgehead atoms. The van der Waals surface area contributed by atoms with Crippen LogP contribution in [0.3, 0.4) is 0 Å². The number of benzene rings is 1. The van der Waals surface area contributed by atoms with E-state index in [-0.39, 0.29) is 5.91 Å². The van der Waals surface area contributed by atoms with Gasteiger partial charge in [-0.1, -0.05) is 6.07 Å². The number of pyridine rings is 1. The fourth-order valence-corrected chi connectivity index (χ4v) is 3.40. The minimum atomic E-state index is -0.429. The van der Waals surface area contributed by atoms with Crippen LogP contribution in [0.25, 0.3) is 10.9 Å². The summed E-state index contributed by atoms with van der Waals surface area (Å²) >= 11 is 0. The quantitative estimate of drug-likeness (QED) is 0.917. The minimum absolute atomic E-state index is 0.206. The third-order valence-corrected chi connectivity index (χ3v) is 4.79. The summed E-state index contributed by atoms with van der Waals surface area (Å²) in [6.07, 6.45) is 1.86. The summed E-state index contributed by atoms with van der Waals surface area (Å²) in [5, 5.41) is 1.07. The van der Waals surface area contributed by atoms with Crippen molar-refractivity contribution < 1.29 is 9.53 Å². The first-order chi connectivity index (χ1) is 11.5. The van der Waals surface area contributed by atoms with Gasteiger partial charge in [0.15, 0.2) is 0 Å². The highest BCUT2D eigenvalue weighted by Gasteiger charge is 2.36. The summed E-state index contributed by atoms with van der Waals surface area (Å²) in [4.78, 5) is 18.7. The molecule has 2 heterocycles. The molecule has 0 aliphatic carbocycles. The van der Waals surface area contributed by atoms with E-state index >= 15 is 0 Å². The first-order valence-corrected chi connectivity index (χ1v) is 8.55. The molecule has 128 valence electrons. The van der Waals surface area contributed by atoms with E-state index in [0.29, 0.717) is 13.2 Å². The molecule has 1 aromatic heterocycles. The zero-order valence-corrected chi connectivity index (χ0v) is 14.4. The van der Waals surface area contributed by atoms with Gasteiger partial charge in [0.1, 0.15) is 5.75 Å². The van der Waals surface area contributed by atoms with E-state index in [9.17, 15) is 4.79 Å². The fraction of sp³-hybridized carbons (Fsp3) is 0.474. The van der Waals surface area contributed by atoms with Gasteiger partial charge in [0, 0.05) is 18.5 Å². The third-order valence-electron chi connectivity index (χ3n) is 4.79. The smallest absolute Gasteiger partial charge is 0.224 e. The standard InChI is InChI=1S/C19H25N3O2/c1-3-24-16-7-8-17-14(11-16)5-6-15(21-17)12-22-10-4-9-19(2,13-22)18(20)23/h5-8,11H,3-4,9-10,12-13H2,1-2H3,(H2,20,23). The van der Waals surface area contributed by atoms with Gasteiger partial charge in [-0.2, -0.15) is 0 Å². The highest BCUT2D eigenvalue weighted by atomic mass is 16.5. The van der Waals surface area contributed by atoms with Gasteiger partial charge in [-0.05, 0) is 57.5 Å². The van der Waals surface area contributed by atoms with Gasteiger partial charge in [0.25, 0.3) is 0 Å². The Morgan fingerprint density at radius 2 is 2.21 bits per heavy atom. The fourth-order valence-electron chi connectivity index (χ4n) is 3.40. The molecular formula is C19H25N3O2. The van der Waals surface area contributed by atoms with Crippen LogP contribution in [0.15, 0.2) is 30.3 Å². The van der Waals surface area contributed by atoms with Gasteiger partial charge in [0.05, 0.1) is 23.2 Å². The van der Waals surface area contributed by atoms with Crippen molar-refractivity contribution in [1.29, 1.82) is 0 Å². The van der Waals surface area contributed by atoms with Crippen LogP contribution in [0.4, 0.5) is 0 Å². The number of piperidine rings is 1. The van der Waals surface area contributed by atoms with E-state index in [1.54, 1.807) is 0 Å². The SMILES string of the molecule is CCOc1ccc2nc(CN3CCCC(C)(C(N)=O)C3)ccc2c1. The molecule has 5 heteroatoms. The average molecular weight is 327 g/mol. The lowest BCUT2D eigenvalue weighted by Gasteiger charge is -2.38. The molecule has 24 heavy (non-hydrogen) atoms. The molecule has 0 saturated carbocycles. The van der Waals surface area contributed by atoms with Crippen molar-refractivity contribution in [3.63, 3.8) is 0 Å². The number of likely N-dealkylation sites (tertiary alicyclic amines) is 1. The first kappa shape index (κ1) is 16.7. The predicted molar refractivity (Wildman–Crippen MR) is 94.7 cm³/mol. The van der Waals surface area contributed by atoms with E-state index in [2.05, 4.69) is 11.0 Å². The average Bonchev–Trinajstić information content (AvgIpc) is 2.55. The van der Waals surface area contributed by atoms with Crippen LogP contribution in [0.5, 0.6) is 5.75 Å². The van der Waals surface area contributed by atoms with Crippen LogP contribution in [-0.2, 0) is 11.3 Å². The Bertz CT molecular complexity index is 746. The van der Waals surface area contributed by atoms with Crippen LogP contribution >= 0.6 is 0 Å². The molecule has 1 aliphatic rings. The number of rotatable bonds is 5.